The Morgan fingerprint density at radius 1 is 1.32 bits per heavy atom. The summed E-state index contributed by atoms with van der Waals surface area (Å²) in [4.78, 5) is 4.25. The number of nitrogens with one attached hydrogen (secondary N) is 1. The summed E-state index contributed by atoms with van der Waals surface area (Å²) in [5, 5.41) is 3.49. The van der Waals surface area contributed by atoms with Crippen LogP contribution in [0, 0.1) is 6.20 Å². The second kappa shape index (κ2) is 4.31. The lowest BCUT2D eigenvalue weighted by Crippen LogP contribution is -2.34. The first kappa shape index (κ1) is 12.1. The molecule has 0 amide bonds. The molecule has 1 aromatic heterocycles. The van der Waals surface area contributed by atoms with E-state index in [9.17, 15) is 0 Å². The number of rotatable bonds is 1. The second-order valence-corrected chi connectivity index (χ2v) is 5.31. The molecule has 0 fully saturated rings. The summed E-state index contributed by atoms with van der Waals surface area (Å²) in [6.45, 7) is 4.01. The van der Waals surface area contributed by atoms with Gasteiger partial charge in [0, 0.05) is 16.8 Å². The molecule has 0 saturated carbocycles. The van der Waals surface area contributed by atoms with Gasteiger partial charge in [-0.25, -0.2) is 4.98 Å². The summed E-state index contributed by atoms with van der Waals surface area (Å²) < 4.78 is 5.68. The number of nitrogens with zero attached hydrogens (tertiary/aromatic N) is 1. The van der Waals surface area contributed by atoms with Crippen molar-refractivity contribution in [2.75, 3.05) is 5.32 Å². The highest BCUT2D eigenvalue weighted by molar-refractivity contribution is 7.80. The normalized spacial score (nSPS) is 16.2. The smallest absolute Gasteiger partial charge is 0.262 e. The molecule has 0 atom stereocenters. The molecule has 1 aromatic carbocycles. The summed E-state index contributed by atoms with van der Waals surface area (Å²) >= 11 is 5.11. The van der Waals surface area contributed by atoms with Gasteiger partial charge in [0.05, 0.1) is 11.9 Å². The van der Waals surface area contributed by atoms with Crippen molar-refractivity contribution in [3.63, 3.8) is 0 Å². The van der Waals surface area contributed by atoms with Crippen LogP contribution >= 0.6 is 12.2 Å². The molecule has 0 spiro atoms. The molecule has 1 aliphatic rings. The van der Waals surface area contributed by atoms with Crippen molar-refractivity contribution in [1.82, 2.24) is 4.98 Å². The van der Waals surface area contributed by atoms with E-state index in [1.807, 2.05) is 38.1 Å². The van der Waals surface area contributed by atoms with Gasteiger partial charge in [0.1, 0.15) is 5.60 Å². The molecule has 95 valence electrons. The van der Waals surface area contributed by atoms with Gasteiger partial charge in [-0.05, 0) is 50.3 Å². The molecule has 19 heavy (non-hydrogen) atoms. The molecular formula is C15H13N2OS. The maximum absolute atomic E-state index is 5.68. The van der Waals surface area contributed by atoms with Crippen LogP contribution in [0.5, 0.6) is 0 Å². The van der Waals surface area contributed by atoms with Gasteiger partial charge < -0.3 is 10.1 Å². The number of fused-ring (bicyclic) bond motifs is 1. The fourth-order valence-electron chi connectivity index (χ4n) is 2.22. The molecule has 0 bridgehead atoms. The monoisotopic (exact) mass is 269 g/mol. The summed E-state index contributed by atoms with van der Waals surface area (Å²) in [5.74, 6) is 0. The van der Waals surface area contributed by atoms with E-state index in [2.05, 4.69) is 22.6 Å². The van der Waals surface area contributed by atoms with Crippen molar-refractivity contribution in [3.8, 4) is 11.3 Å². The Balaban J connectivity index is 2.12. The summed E-state index contributed by atoms with van der Waals surface area (Å²) in [7, 11) is 0. The molecule has 0 unspecified atom stereocenters. The van der Waals surface area contributed by atoms with Crippen LogP contribution < -0.4 is 5.32 Å². The van der Waals surface area contributed by atoms with Crippen LogP contribution in [0.4, 0.5) is 5.69 Å². The lowest BCUT2D eigenvalue weighted by molar-refractivity contribution is 0.0947. The Labute approximate surface area is 117 Å². The van der Waals surface area contributed by atoms with Gasteiger partial charge in [-0.2, -0.15) is 0 Å². The zero-order chi connectivity index (χ0) is 13.5. The average molecular weight is 269 g/mol. The molecule has 3 nitrogen and oxygen atoms in total. The first-order valence-corrected chi connectivity index (χ1v) is 6.45. The molecule has 2 heterocycles. The molecule has 1 N–H and O–H groups in total. The van der Waals surface area contributed by atoms with E-state index in [1.165, 1.54) is 0 Å². The van der Waals surface area contributed by atoms with Crippen LogP contribution in [0.15, 0.2) is 36.4 Å². The molecule has 3 rings (SSSR count). The maximum Gasteiger partial charge on any atom is 0.262 e. The quantitative estimate of drug-likeness (QED) is 0.803. The van der Waals surface area contributed by atoms with Crippen LogP contribution in [0.25, 0.3) is 11.3 Å². The van der Waals surface area contributed by atoms with Crippen LogP contribution in [-0.4, -0.2) is 10.2 Å². The van der Waals surface area contributed by atoms with Gasteiger partial charge in [-0.15, -0.1) is 0 Å². The summed E-state index contributed by atoms with van der Waals surface area (Å²) in [5.41, 5.74) is 3.57. The SMILES string of the molecule is CC1(C)OC(=S)Nc2ccc(-c3ccc[c]n3)cc21. The second-order valence-electron chi connectivity index (χ2n) is 4.94. The highest BCUT2D eigenvalue weighted by Gasteiger charge is 2.31. The summed E-state index contributed by atoms with van der Waals surface area (Å²) in [6, 6.07) is 11.8. The van der Waals surface area contributed by atoms with E-state index in [0.717, 1.165) is 22.5 Å². The predicted octanol–water partition coefficient (Wildman–Crippen LogP) is 3.51. The van der Waals surface area contributed by atoms with Crippen LogP contribution in [0.2, 0.25) is 0 Å². The van der Waals surface area contributed by atoms with Crippen LogP contribution in [0.3, 0.4) is 0 Å². The van der Waals surface area contributed by atoms with E-state index in [-0.39, 0.29) is 0 Å². The Morgan fingerprint density at radius 3 is 2.89 bits per heavy atom. The Kier molecular flexibility index (Phi) is 2.75. The van der Waals surface area contributed by atoms with E-state index >= 15 is 0 Å². The molecule has 0 aliphatic carbocycles. The van der Waals surface area contributed by atoms with Gasteiger partial charge in [-0.3, -0.25) is 0 Å². The Morgan fingerprint density at radius 2 is 2.16 bits per heavy atom. The molecular weight excluding hydrogens is 256 g/mol. The first-order chi connectivity index (χ1) is 9.06. The standard InChI is InChI=1S/C15H13N2OS/c1-15(2)11-9-10(12-5-3-4-8-16-12)6-7-13(11)17-14(19)18-15/h3-7,9H,1-2H3,(H,17,19). The first-order valence-electron chi connectivity index (χ1n) is 6.04. The number of thiocarbonyl (C=S) groups is 1. The lowest BCUT2D eigenvalue weighted by Gasteiger charge is -2.34. The highest BCUT2D eigenvalue weighted by atomic mass is 32.1. The van der Waals surface area contributed by atoms with E-state index in [1.54, 1.807) is 6.07 Å². The number of anilines is 1. The van der Waals surface area contributed by atoms with Gasteiger partial charge in [0.25, 0.3) is 5.17 Å². The molecule has 0 saturated heterocycles. The van der Waals surface area contributed by atoms with E-state index in [4.69, 9.17) is 17.0 Å². The van der Waals surface area contributed by atoms with Crippen LogP contribution in [0.1, 0.15) is 19.4 Å². The third-order valence-electron chi connectivity index (χ3n) is 3.16. The highest BCUT2D eigenvalue weighted by Crippen LogP contribution is 2.37. The Bertz CT molecular complexity index is 638. The largest absolute Gasteiger partial charge is 0.460 e. The fraction of sp³-hybridized carbons (Fsp3) is 0.200. The maximum atomic E-state index is 5.68. The van der Waals surface area contributed by atoms with Gasteiger partial charge in [-0.1, -0.05) is 12.1 Å². The number of pyridine rings is 1. The van der Waals surface area contributed by atoms with Crippen molar-refractivity contribution in [1.29, 1.82) is 0 Å². The fourth-order valence-corrected chi connectivity index (χ4v) is 2.54. The van der Waals surface area contributed by atoms with E-state index in [0.29, 0.717) is 5.17 Å². The minimum absolute atomic E-state index is 0.413. The minimum atomic E-state index is -0.438. The third-order valence-corrected chi connectivity index (χ3v) is 3.34. The van der Waals surface area contributed by atoms with Crippen molar-refractivity contribution in [3.05, 3.63) is 48.2 Å². The van der Waals surface area contributed by atoms with Crippen molar-refractivity contribution in [2.45, 2.75) is 19.4 Å². The number of ether oxygens (including phenoxy) is 1. The zero-order valence-electron chi connectivity index (χ0n) is 10.7. The number of benzene rings is 1. The van der Waals surface area contributed by atoms with Crippen molar-refractivity contribution >= 4 is 23.1 Å². The van der Waals surface area contributed by atoms with Gasteiger partial charge in [0.2, 0.25) is 0 Å². The van der Waals surface area contributed by atoms with Gasteiger partial charge >= 0.3 is 0 Å². The zero-order valence-corrected chi connectivity index (χ0v) is 11.5. The topological polar surface area (TPSA) is 34.1 Å². The minimum Gasteiger partial charge on any atom is -0.460 e. The average Bonchev–Trinajstić information content (AvgIpc) is 2.38. The molecule has 1 aliphatic heterocycles. The predicted molar refractivity (Wildman–Crippen MR) is 78.8 cm³/mol. The third kappa shape index (κ3) is 2.19. The van der Waals surface area contributed by atoms with Crippen LogP contribution in [-0.2, 0) is 10.3 Å². The van der Waals surface area contributed by atoms with Crippen molar-refractivity contribution in [2.24, 2.45) is 0 Å². The molecule has 1 radical (unpaired) electrons. The van der Waals surface area contributed by atoms with Crippen molar-refractivity contribution < 1.29 is 4.74 Å². The number of hydrogen-bond acceptors (Lipinski definition) is 3. The van der Waals surface area contributed by atoms with E-state index < -0.39 is 5.60 Å². The lowest BCUT2D eigenvalue weighted by atomic mass is 9.92. The summed E-state index contributed by atoms with van der Waals surface area (Å²) in [6.07, 6.45) is 2.85. The van der Waals surface area contributed by atoms with Gasteiger partial charge in [0.15, 0.2) is 0 Å². The number of aromatic nitrogens is 1. The molecule has 4 heteroatoms. The Hall–Kier alpha value is -1.94. The number of hydrogen-bond donors (Lipinski definition) is 1. The molecule has 2 aromatic rings.